The summed E-state index contributed by atoms with van der Waals surface area (Å²) in [6, 6.07) is 5.85. The summed E-state index contributed by atoms with van der Waals surface area (Å²) in [5.74, 6) is 3.82. The molecule has 0 unspecified atom stereocenters. The lowest BCUT2D eigenvalue weighted by Crippen LogP contribution is -2.35. The maximum atomic E-state index is 5.40. The van der Waals surface area contributed by atoms with Gasteiger partial charge in [0.1, 0.15) is 6.61 Å². The molecule has 0 aliphatic carbocycles. The highest BCUT2D eigenvalue weighted by atomic mass is 35.5. The van der Waals surface area contributed by atoms with E-state index in [0.29, 0.717) is 11.5 Å². The van der Waals surface area contributed by atoms with Crippen LogP contribution in [0.1, 0.15) is 26.3 Å². The molecule has 1 aromatic carbocycles. The second-order valence-electron chi connectivity index (χ2n) is 5.08. The van der Waals surface area contributed by atoms with Crippen molar-refractivity contribution < 1.29 is 9.47 Å². The van der Waals surface area contributed by atoms with E-state index in [2.05, 4.69) is 32.0 Å². The summed E-state index contributed by atoms with van der Waals surface area (Å²) in [6.07, 6.45) is 5.17. The van der Waals surface area contributed by atoms with Crippen LogP contribution < -0.4 is 14.8 Å². The Morgan fingerprint density at radius 1 is 1.26 bits per heavy atom. The molecule has 3 nitrogen and oxygen atoms in total. The van der Waals surface area contributed by atoms with Crippen molar-refractivity contribution in [3.63, 3.8) is 0 Å². The van der Waals surface area contributed by atoms with Crippen LogP contribution in [0.25, 0.3) is 0 Å². The molecule has 0 saturated carbocycles. The average Bonchev–Trinajstić information content (AvgIpc) is 2.33. The Kier molecular flexibility index (Phi) is 7.36. The first-order chi connectivity index (χ1) is 8.46. The molecule has 1 rings (SSSR count). The highest BCUT2D eigenvalue weighted by Crippen LogP contribution is 2.28. The van der Waals surface area contributed by atoms with E-state index in [4.69, 9.17) is 15.9 Å². The molecule has 0 radical (unpaired) electrons. The fraction of sp³-hybridized carbons (Fsp3) is 0.467. The van der Waals surface area contributed by atoms with Crippen LogP contribution in [0.3, 0.4) is 0 Å². The molecule has 0 bridgehead atoms. The smallest absolute Gasteiger partial charge is 0.162 e. The Bertz CT molecular complexity index is 433. The van der Waals surface area contributed by atoms with Gasteiger partial charge in [0.05, 0.1) is 7.11 Å². The minimum absolute atomic E-state index is 0. The molecule has 0 atom stereocenters. The first-order valence-electron chi connectivity index (χ1n) is 5.94. The fourth-order valence-corrected chi connectivity index (χ4v) is 1.43. The van der Waals surface area contributed by atoms with Crippen molar-refractivity contribution in [2.75, 3.05) is 13.7 Å². The number of rotatable bonds is 5. The minimum Gasteiger partial charge on any atom is -0.493 e. The molecular weight excluding hydrogens is 262 g/mol. The maximum absolute atomic E-state index is 5.40. The second kappa shape index (κ2) is 7.93. The molecular formula is C15H22ClNO2. The van der Waals surface area contributed by atoms with Crippen molar-refractivity contribution in [1.82, 2.24) is 5.32 Å². The minimum atomic E-state index is 0. The van der Waals surface area contributed by atoms with Gasteiger partial charge < -0.3 is 14.8 Å². The van der Waals surface area contributed by atoms with Gasteiger partial charge in [0.15, 0.2) is 11.5 Å². The molecule has 0 fully saturated rings. The van der Waals surface area contributed by atoms with Crippen molar-refractivity contribution in [1.29, 1.82) is 0 Å². The Morgan fingerprint density at radius 2 is 1.95 bits per heavy atom. The summed E-state index contributed by atoms with van der Waals surface area (Å²) in [7, 11) is 1.62. The van der Waals surface area contributed by atoms with Crippen LogP contribution in [-0.4, -0.2) is 19.3 Å². The average molecular weight is 284 g/mol. The molecule has 0 aliphatic heterocycles. The summed E-state index contributed by atoms with van der Waals surface area (Å²) in [4.78, 5) is 0. The van der Waals surface area contributed by atoms with Crippen molar-refractivity contribution in [3.05, 3.63) is 23.8 Å². The molecule has 0 amide bonds. The number of halogens is 1. The van der Waals surface area contributed by atoms with E-state index in [1.165, 1.54) is 0 Å². The Hall–Kier alpha value is -1.37. The third-order valence-corrected chi connectivity index (χ3v) is 2.36. The first kappa shape index (κ1) is 17.6. The van der Waals surface area contributed by atoms with Crippen LogP contribution in [0.15, 0.2) is 18.2 Å². The highest BCUT2D eigenvalue weighted by molar-refractivity contribution is 5.85. The molecule has 106 valence electrons. The molecule has 1 N–H and O–H groups in total. The number of methoxy groups -OCH3 is 1. The normalized spacial score (nSPS) is 10.3. The highest BCUT2D eigenvalue weighted by Gasteiger charge is 2.10. The molecule has 0 aromatic heterocycles. The van der Waals surface area contributed by atoms with E-state index in [-0.39, 0.29) is 24.6 Å². The topological polar surface area (TPSA) is 30.5 Å². The van der Waals surface area contributed by atoms with E-state index < -0.39 is 0 Å². The zero-order valence-corrected chi connectivity index (χ0v) is 12.8. The molecule has 19 heavy (non-hydrogen) atoms. The lowest BCUT2D eigenvalue weighted by molar-refractivity contribution is 0.330. The van der Waals surface area contributed by atoms with Gasteiger partial charge >= 0.3 is 0 Å². The SMILES string of the molecule is C#CCOc1ccc(CNC(C)(C)C)cc1OC.Cl. The number of benzene rings is 1. The van der Waals surface area contributed by atoms with Crippen molar-refractivity contribution in [2.45, 2.75) is 32.9 Å². The van der Waals surface area contributed by atoms with Gasteiger partial charge in [-0.25, -0.2) is 0 Å². The third-order valence-electron chi connectivity index (χ3n) is 2.36. The van der Waals surface area contributed by atoms with Crippen LogP contribution in [0.2, 0.25) is 0 Å². The van der Waals surface area contributed by atoms with Crippen LogP contribution in [0.5, 0.6) is 11.5 Å². The van der Waals surface area contributed by atoms with Crippen molar-refractivity contribution in [3.8, 4) is 23.8 Å². The van der Waals surface area contributed by atoms with Gasteiger partial charge in [-0.15, -0.1) is 18.8 Å². The first-order valence-corrected chi connectivity index (χ1v) is 5.94. The summed E-state index contributed by atoms with van der Waals surface area (Å²) in [5.41, 5.74) is 1.24. The standard InChI is InChI=1S/C15H21NO2.ClH/c1-6-9-18-13-8-7-12(10-14(13)17-5)11-16-15(2,3)4;/h1,7-8,10,16H,9,11H2,2-5H3;1H. The van der Waals surface area contributed by atoms with Gasteiger partial charge in [-0.2, -0.15) is 0 Å². The lowest BCUT2D eigenvalue weighted by Gasteiger charge is -2.21. The predicted molar refractivity (Wildman–Crippen MR) is 81.2 cm³/mol. The molecule has 0 aliphatic rings. The van der Waals surface area contributed by atoms with Crippen molar-refractivity contribution >= 4 is 12.4 Å². The van der Waals surface area contributed by atoms with Gasteiger partial charge in [0, 0.05) is 12.1 Å². The van der Waals surface area contributed by atoms with E-state index >= 15 is 0 Å². The largest absolute Gasteiger partial charge is 0.493 e. The number of hydrogen-bond acceptors (Lipinski definition) is 3. The quantitative estimate of drug-likeness (QED) is 0.843. The van der Waals surface area contributed by atoms with Crippen LogP contribution in [0, 0.1) is 12.3 Å². The van der Waals surface area contributed by atoms with E-state index in [1.807, 2.05) is 18.2 Å². The maximum Gasteiger partial charge on any atom is 0.162 e. The van der Waals surface area contributed by atoms with Crippen molar-refractivity contribution in [2.24, 2.45) is 0 Å². The number of terminal acetylenes is 1. The van der Waals surface area contributed by atoms with Gasteiger partial charge in [0.25, 0.3) is 0 Å². The monoisotopic (exact) mass is 283 g/mol. The van der Waals surface area contributed by atoms with Crippen LogP contribution in [-0.2, 0) is 6.54 Å². The number of nitrogens with one attached hydrogen (secondary N) is 1. The van der Waals surface area contributed by atoms with Gasteiger partial charge in [-0.3, -0.25) is 0 Å². The second-order valence-corrected chi connectivity index (χ2v) is 5.08. The molecule has 0 heterocycles. The zero-order chi connectivity index (χ0) is 13.6. The fourth-order valence-electron chi connectivity index (χ4n) is 1.43. The van der Waals surface area contributed by atoms with Crippen LogP contribution in [0.4, 0.5) is 0 Å². The Labute approximate surface area is 122 Å². The van der Waals surface area contributed by atoms with Gasteiger partial charge in [0.2, 0.25) is 0 Å². The number of hydrogen-bond donors (Lipinski definition) is 1. The summed E-state index contributed by atoms with van der Waals surface area (Å²) < 4.78 is 10.7. The Morgan fingerprint density at radius 3 is 2.47 bits per heavy atom. The predicted octanol–water partition coefficient (Wildman–Crippen LogP) is 3.02. The summed E-state index contributed by atoms with van der Waals surface area (Å²) in [6.45, 7) is 7.43. The molecule has 1 aromatic rings. The Balaban J connectivity index is 0.00000324. The molecule has 4 heteroatoms. The van der Waals surface area contributed by atoms with Gasteiger partial charge in [-0.1, -0.05) is 12.0 Å². The van der Waals surface area contributed by atoms with Gasteiger partial charge in [-0.05, 0) is 38.5 Å². The third kappa shape index (κ3) is 6.37. The van der Waals surface area contributed by atoms with E-state index in [1.54, 1.807) is 7.11 Å². The van der Waals surface area contributed by atoms with E-state index in [9.17, 15) is 0 Å². The lowest BCUT2D eigenvalue weighted by atomic mass is 10.1. The zero-order valence-electron chi connectivity index (χ0n) is 11.9. The van der Waals surface area contributed by atoms with Crippen LogP contribution >= 0.6 is 12.4 Å². The summed E-state index contributed by atoms with van der Waals surface area (Å²) >= 11 is 0. The summed E-state index contributed by atoms with van der Waals surface area (Å²) in [5, 5.41) is 3.42. The molecule has 0 saturated heterocycles. The van der Waals surface area contributed by atoms with E-state index in [0.717, 1.165) is 12.1 Å². The molecule has 0 spiro atoms. The number of ether oxygens (including phenoxy) is 2.